The van der Waals surface area contributed by atoms with E-state index in [9.17, 15) is 0 Å². The van der Waals surface area contributed by atoms with E-state index in [0.717, 1.165) is 6.34 Å². The summed E-state index contributed by atoms with van der Waals surface area (Å²) in [6, 6.07) is 1.98. The monoisotopic (exact) mass is 123 g/mol. The third-order valence-corrected chi connectivity index (χ3v) is 0.887. The van der Waals surface area contributed by atoms with Gasteiger partial charge in [-0.3, -0.25) is 5.41 Å². The van der Waals surface area contributed by atoms with Gasteiger partial charge in [0.25, 0.3) is 0 Å². The van der Waals surface area contributed by atoms with Crippen molar-refractivity contribution < 1.29 is 0 Å². The molecule has 0 rings (SSSR count). The first-order valence-electron chi connectivity index (χ1n) is 2.62. The summed E-state index contributed by atoms with van der Waals surface area (Å²) in [5.41, 5.74) is 0.651. The molecule has 0 atom stereocenters. The van der Waals surface area contributed by atoms with Gasteiger partial charge in [-0.2, -0.15) is 5.26 Å². The van der Waals surface area contributed by atoms with Crippen LogP contribution in [0.2, 0.25) is 0 Å². The van der Waals surface area contributed by atoms with E-state index in [1.165, 1.54) is 0 Å². The standard InChI is InChI=1S/C6H9N3/c1-2-6(3-7)4-9-5-8/h2,5H,4H2,1H3,(H2,8,9)/b6-2-. The Bertz CT molecular complexity index is 152. The van der Waals surface area contributed by atoms with Crippen LogP contribution in [0.5, 0.6) is 0 Å². The Morgan fingerprint density at radius 1 is 1.89 bits per heavy atom. The summed E-state index contributed by atoms with van der Waals surface area (Å²) in [6.07, 6.45) is 2.79. The van der Waals surface area contributed by atoms with Gasteiger partial charge in [0.15, 0.2) is 0 Å². The molecule has 3 heteroatoms. The Hall–Kier alpha value is -1.30. The van der Waals surface area contributed by atoms with Crippen LogP contribution < -0.4 is 5.32 Å². The highest BCUT2D eigenvalue weighted by atomic mass is 14.9. The molecule has 0 aromatic heterocycles. The van der Waals surface area contributed by atoms with E-state index < -0.39 is 0 Å². The molecule has 0 saturated heterocycles. The zero-order valence-electron chi connectivity index (χ0n) is 5.31. The van der Waals surface area contributed by atoms with Crippen molar-refractivity contribution >= 4 is 6.34 Å². The molecule has 0 fully saturated rings. The molecule has 0 spiro atoms. The Kier molecular flexibility index (Phi) is 4.15. The summed E-state index contributed by atoms with van der Waals surface area (Å²) < 4.78 is 0. The molecule has 0 aromatic carbocycles. The fourth-order valence-corrected chi connectivity index (χ4v) is 0.367. The Morgan fingerprint density at radius 3 is 2.89 bits per heavy atom. The van der Waals surface area contributed by atoms with Crippen LogP contribution in [0.15, 0.2) is 11.6 Å². The molecule has 0 radical (unpaired) electrons. The van der Waals surface area contributed by atoms with Crippen LogP contribution >= 0.6 is 0 Å². The van der Waals surface area contributed by atoms with Gasteiger partial charge in [-0.05, 0) is 6.92 Å². The molecule has 0 unspecified atom stereocenters. The van der Waals surface area contributed by atoms with Gasteiger partial charge >= 0.3 is 0 Å². The zero-order chi connectivity index (χ0) is 7.11. The molecule has 2 N–H and O–H groups in total. The van der Waals surface area contributed by atoms with E-state index in [-0.39, 0.29) is 0 Å². The van der Waals surface area contributed by atoms with Gasteiger partial charge in [-0.15, -0.1) is 0 Å². The molecular formula is C6H9N3. The average Bonchev–Trinajstić information content (AvgIpc) is 1.91. The predicted octanol–water partition coefficient (Wildman–Crippen LogP) is 0.653. The van der Waals surface area contributed by atoms with Gasteiger partial charge in [-0.25, -0.2) is 0 Å². The van der Waals surface area contributed by atoms with Gasteiger partial charge in [-0.1, -0.05) is 6.08 Å². The number of rotatable bonds is 3. The largest absolute Gasteiger partial charge is 0.372 e. The summed E-state index contributed by atoms with van der Waals surface area (Å²) in [5.74, 6) is 0. The van der Waals surface area contributed by atoms with E-state index in [1.807, 2.05) is 6.07 Å². The third-order valence-electron chi connectivity index (χ3n) is 0.887. The van der Waals surface area contributed by atoms with Crippen molar-refractivity contribution in [3.05, 3.63) is 11.6 Å². The van der Waals surface area contributed by atoms with Crippen molar-refractivity contribution in [1.29, 1.82) is 10.7 Å². The number of hydrogen-bond donors (Lipinski definition) is 2. The number of hydrogen-bond acceptors (Lipinski definition) is 2. The van der Waals surface area contributed by atoms with Crippen molar-refractivity contribution in [3.8, 4) is 6.07 Å². The Balaban J connectivity index is 3.61. The minimum absolute atomic E-state index is 0.455. The normalized spacial score (nSPS) is 10.0. The van der Waals surface area contributed by atoms with Crippen LogP contribution in [0.1, 0.15) is 6.92 Å². The van der Waals surface area contributed by atoms with Crippen LogP contribution in [-0.4, -0.2) is 12.9 Å². The van der Waals surface area contributed by atoms with Crippen molar-refractivity contribution in [2.24, 2.45) is 0 Å². The van der Waals surface area contributed by atoms with Crippen molar-refractivity contribution in [2.75, 3.05) is 6.54 Å². The molecule has 0 aliphatic heterocycles. The average molecular weight is 123 g/mol. The zero-order valence-corrected chi connectivity index (χ0v) is 5.31. The summed E-state index contributed by atoms with van der Waals surface area (Å²) in [4.78, 5) is 0. The van der Waals surface area contributed by atoms with Gasteiger partial charge < -0.3 is 5.32 Å². The van der Waals surface area contributed by atoms with Crippen LogP contribution in [-0.2, 0) is 0 Å². The fourth-order valence-electron chi connectivity index (χ4n) is 0.367. The van der Waals surface area contributed by atoms with E-state index in [2.05, 4.69) is 5.32 Å². The first-order valence-corrected chi connectivity index (χ1v) is 2.62. The van der Waals surface area contributed by atoms with Crippen LogP contribution in [0.3, 0.4) is 0 Å². The molecule has 0 saturated carbocycles. The Morgan fingerprint density at radius 2 is 2.56 bits per heavy atom. The molecule has 0 bridgehead atoms. The second kappa shape index (κ2) is 4.85. The smallest absolute Gasteiger partial charge is 0.0962 e. The van der Waals surface area contributed by atoms with Gasteiger partial charge in [0.1, 0.15) is 0 Å². The summed E-state index contributed by atoms with van der Waals surface area (Å²) in [6.45, 7) is 2.25. The highest BCUT2D eigenvalue weighted by molar-refractivity contribution is 5.50. The van der Waals surface area contributed by atoms with Gasteiger partial charge in [0, 0.05) is 5.57 Å². The van der Waals surface area contributed by atoms with E-state index >= 15 is 0 Å². The lowest BCUT2D eigenvalue weighted by Crippen LogP contribution is -2.12. The van der Waals surface area contributed by atoms with Crippen LogP contribution in [0.25, 0.3) is 0 Å². The third kappa shape index (κ3) is 3.30. The van der Waals surface area contributed by atoms with Crippen molar-refractivity contribution in [2.45, 2.75) is 6.92 Å². The lowest BCUT2D eigenvalue weighted by Gasteiger charge is -1.93. The van der Waals surface area contributed by atoms with Gasteiger partial charge in [0.2, 0.25) is 0 Å². The van der Waals surface area contributed by atoms with E-state index in [0.29, 0.717) is 12.1 Å². The molecule has 0 aliphatic carbocycles. The van der Waals surface area contributed by atoms with Gasteiger partial charge in [0.05, 0.1) is 19.0 Å². The predicted molar refractivity (Wildman–Crippen MR) is 36.2 cm³/mol. The van der Waals surface area contributed by atoms with Crippen molar-refractivity contribution in [1.82, 2.24) is 5.32 Å². The minimum atomic E-state index is 0.455. The van der Waals surface area contributed by atoms with Crippen LogP contribution in [0, 0.1) is 16.7 Å². The quantitative estimate of drug-likeness (QED) is 0.329. The molecule has 0 amide bonds. The number of allylic oxidation sites excluding steroid dienone is 1. The molecule has 0 aliphatic rings. The maximum atomic E-state index is 8.32. The highest BCUT2D eigenvalue weighted by Gasteiger charge is 1.87. The molecule has 3 nitrogen and oxygen atoms in total. The van der Waals surface area contributed by atoms with E-state index in [1.54, 1.807) is 13.0 Å². The second-order valence-corrected chi connectivity index (χ2v) is 1.45. The molecule has 0 aromatic rings. The molecule has 48 valence electrons. The minimum Gasteiger partial charge on any atom is -0.372 e. The number of nitrogens with one attached hydrogen (secondary N) is 2. The number of nitriles is 1. The lowest BCUT2D eigenvalue weighted by molar-refractivity contribution is 1.02. The SMILES string of the molecule is C/C=C(/C#N)CNC=N. The van der Waals surface area contributed by atoms with Crippen molar-refractivity contribution in [3.63, 3.8) is 0 Å². The maximum absolute atomic E-state index is 8.32. The second-order valence-electron chi connectivity index (χ2n) is 1.45. The number of nitrogens with zero attached hydrogens (tertiary/aromatic N) is 1. The lowest BCUT2D eigenvalue weighted by atomic mass is 10.3. The molecule has 9 heavy (non-hydrogen) atoms. The summed E-state index contributed by atoms with van der Waals surface area (Å²) in [5, 5.41) is 17.5. The summed E-state index contributed by atoms with van der Waals surface area (Å²) >= 11 is 0. The first kappa shape index (κ1) is 7.70. The Labute approximate surface area is 54.5 Å². The van der Waals surface area contributed by atoms with E-state index in [4.69, 9.17) is 10.7 Å². The first-order chi connectivity index (χ1) is 4.35. The molecular weight excluding hydrogens is 114 g/mol. The van der Waals surface area contributed by atoms with Crippen LogP contribution in [0.4, 0.5) is 0 Å². The molecule has 0 heterocycles. The highest BCUT2D eigenvalue weighted by Crippen LogP contribution is 1.85. The maximum Gasteiger partial charge on any atom is 0.0962 e. The fraction of sp³-hybridized carbons (Fsp3) is 0.333. The topological polar surface area (TPSA) is 59.7 Å². The summed E-state index contributed by atoms with van der Waals surface area (Å²) in [7, 11) is 0.